The maximum absolute atomic E-state index is 13.7. The van der Waals surface area contributed by atoms with Gasteiger partial charge in [-0.2, -0.15) is 0 Å². The number of nitrogens with one attached hydrogen (secondary N) is 2. The number of hydrogen-bond acceptors (Lipinski definition) is 3. The predicted molar refractivity (Wildman–Crippen MR) is 136 cm³/mol. The van der Waals surface area contributed by atoms with Crippen molar-refractivity contribution in [1.29, 1.82) is 0 Å². The Morgan fingerprint density at radius 3 is 2.42 bits per heavy atom. The molecular formula is C24H23ClFN3O2S2. The Balaban J connectivity index is 1.52. The summed E-state index contributed by atoms with van der Waals surface area (Å²) < 4.78 is 41.9. The molecule has 5 nitrogen and oxygen atoms in total. The summed E-state index contributed by atoms with van der Waals surface area (Å²) in [6.45, 7) is 3.78. The Labute approximate surface area is 203 Å². The molecule has 0 bridgehead atoms. The molecule has 0 aliphatic carbocycles. The van der Waals surface area contributed by atoms with Gasteiger partial charge in [-0.1, -0.05) is 17.7 Å². The van der Waals surface area contributed by atoms with Crippen molar-refractivity contribution in [2.75, 3.05) is 14.9 Å². The SMILES string of the molecule is Cc1ccc(NC(=S)Nc2ccc(S(=O)(=O)N3c4ccc(F)cc4CCC3C)cc2)cc1Cl. The highest BCUT2D eigenvalue weighted by molar-refractivity contribution is 7.92. The van der Waals surface area contributed by atoms with Crippen LogP contribution < -0.4 is 14.9 Å². The second-order valence-electron chi connectivity index (χ2n) is 8.03. The van der Waals surface area contributed by atoms with Crippen LogP contribution in [-0.2, 0) is 16.4 Å². The van der Waals surface area contributed by atoms with Crippen molar-refractivity contribution in [2.24, 2.45) is 0 Å². The van der Waals surface area contributed by atoms with Crippen molar-refractivity contribution in [3.05, 3.63) is 82.6 Å². The molecule has 4 rings (SSSR count). The van der Waals surface area contributed by atoms with Gasteiger partial charge in [0.05, 0.1) is 10.6 Å². The van der Waals surface area contributed by atoms with Crippen molar-refractivity contribution in [3.63, 3.8) is 0 Å². The maximum Gasteiger partial charge on any atom is 0.264 e. The molecule has 0 saturated heterocycles. The van der Waals surface area contributed by atoms with E-state index in [9.17, 15) is 12.8 Å². The summed E-state index contributed by atoms with van der Waals surface area (Å²) in [5.74, 6) is -0.367. The lowest BCUT2D eigenvalue weighted by atomic mass is 9.99. The molecule has 1 atom stereocenters. The van der Waals surface area contributed by atoms with E-state index in [1.807, 2.05) is 26.0 Å². The molecule has 0 aromatic heterocycles. The highest BCUT2D eigenvalue weighted by atomic mass is 35.5. The van der Waals surface area contributed by atoms with Crippen LogP contribution in [0.2, 0.25) is 5.02 Å². The summed E-state index contributed by atoms with van der Waals surface area (Å²) in [6, 6.07) is 15.9. The second-order valence-corrected chi connectivity index (χ2v) is 10.7. The van der Waals surface area contributed by atoms with Gasteiger partial charge < -0.3 is 10.6 Å². The lowest BCUT2D eigenvalue weighted by Gasteiger charge is -2.36. The van der Waals surface area contributed by atoms with E-state index in [2.05, 4.69) is 10.6 Å². The van der Waals surface area contributed by atoms with Crippen LogP contribution in [0.4, 0.5) is 21.5 Å². The average Bonchev–Trinajstić information content (AvgIpc) is 2.76. The van der Waals surface area contributed by atoms with E-state index < -0.39 is 10.0 Å². The Morgan fingerprint density at radius 1 is 1.06 bits per heavy atom. The number of benzene rings is 3. The molecule has 33 heavy (non-hydrogen) atoms. The second kappa shape index (κ2) is 9.29. The molecule has 1 aliphatic rings. The highest BCUT2D eigenvalue weighted by Gasteiger charge is 2.33. The zero-order valence-electron chi connectivity index (χ0n) is 18.1. The topological polar surface area (TPSA) is 61.4 Å². The molecule has 1 aliphatic heterocycles. The quantitative estimate of drug-likeness (QED) is 0.419. The van der Waals surface area contributed by atoms with E-state index >= 15 is 0 Å². The normalized spacial score (nSPS) is 15.6. The third-order valence-corrected chi connectivity index (χ3v) is 8.16. The van der Waals surface area contributed by atoms with Crippen LogP contribution in [0.1, 0.15) is 24.5 Å². The van der Waals surface area contributed by atoms with E-state index in [1.54, 1.807) is 18.2 Å². The van der Waals surface area contributed by atoms with Crippen molar-refractivity contribution in [1.82, 2.24) is 0 Å². The van der Waals surface area contributed by atoms with Gasteiger partial charge in [0.25, 0.3) is 10.0 Å². The molecule has 3 aromatic rings. The standard InChI is InChI=1S/C24H23ClFN3O2S2/c1-15-3-7-20(14-22(15)25)28-24(32)27-19-8-10-21(11-9-19)33(30,31)29-16(2)4-5-17-13-18(26)6-12-23(17)29/h3,6-14,16H,4-5H2,1-2H3,(H2,27,28,32). The minimum Gasteiger partial charge on any atom is -0.332 e. The van der Waals surface area contributed by atoms with Gasteiger partial charge >= 0.3 is 0 Å². The fraction of sp³-hybridized carbons (Fsp3) is 0.208. The first-order valence-corrected chi connectivity index (χ1v) is 12.6. The number of halogens is 2. The third-order valence-electron chi connectivity index (χ3n) is 5.61. The molecular weight excluding hydrogens is 481 g/mol. The van der Waals surface area contributed by atoms with Crippen LogP contribution >= 0.6 is 23.8 Å². The van der Waals surface area contributed by atoms with E-state index in [0.717, 1.165) is 11.3 Å². The molecule has 1 heterocycles. The van der Waals surface area contributed by atoms with Crippen LogP contribution in [0.3, 0.4) is 0 Å². The van der Waals surface area contributed by atoms with Crippen LogP contribution in [0.5, 0.6) is 0 Å². The molecule has 9 heteroatoms. The van der Waals surface area contributed by atoms with Crippen LogP contribution in [0.25, 0.3) is 0 Å². The fourth-order valence-corrected chi connectivity index (χ4v) is 5.98. The number of aryl methyl sites for hydroxylation is 2. The molecule has 2 N–H and O–H groups in total. The summed E-state index contributed by atoms with van der Waals surface area (Å²) in [5.41, 5.74) is 3.58. The van der Waals surface area contributed by atoms with E-state index in [-0.39, 0.29) is 16.8 Å². The van der Waals surface area contributed by atoms with E-state index in [4.69, 9.17) is 23.8 Å². The molecule has 0 spiro atoms. The Bertz CT molecular complexity index is 1310. The van der Waals surface area contributed by atoms with Crippen molar-refractivity contribution in [3.8, 4) is 0 Å². The lowest BCUT2D eigenvalue weighted by molar-refractivity contribution is 0.560. The highest BCUT2D eigenvalue weighted by Crippen LogP contribution is 2.36. The minimum atomic E-state index is -3.82. The number of hydrogen-bond donors (Lipinski definition) is 2. The summed E-state index contributed by atoms with van der Waals surface area (Å²) >= 11 is 11.5. The van der Waals surface area contributed by atoms with E-state index in [0.29, 0.717) is 39.9 Å². The van der Waals surface area contributed by atoms with E-state index in [1.165, 1.54) is 34.6 Å². The first-order valence-electron chi connectivity index (χ1n) is 10.4. The van der Waals surface area contributed by atoms with Gasteiger partial charge in [0.1, 0.15) is 5.82 Å². The predicted octanol–water partition coefficient (Wildman–Crippen LogP) is 6.13. The summed E-state index contributed by atoms with van der Waals surface area (Å²) in [6.07, 6.45) is 1.26. The Kier molecular flexibility index (Phi) is 6.61. The monoisotopic (exact) mass is 503 g/mol. The summed E-state index contributed by atoms with van der Waals surface area (Å²) in [7, 11) is -3.82. The smallest absolute Gasteiger partial charge is 0.264 e. The molecule has 0 amide bonds. The number of sulfonamides is 1. The van der Waals surface area contributed by atoms with Gasteiger partial charge in [-0.3, -0.25) is 4.31 Å². The first-order chi connectivity index (χ1) is 15.6. The number of thiocarbonyl (C=S) groups is 1. The van der Waals surface area contributed by atoms with Crippen LogP contribution in [-0.4, -0.2) is 19.6 Å². The minimum absolute atomic E-state index is 0.154. The average molecular weight is 504 g/mol. The fourth-order valence-electron chi connectivity index (χ4n) is 3.84. The molecule has 3 aromatic carbocycles. The molecule has 0 saturated carbocycles. The van der Waals surface area contributed by atoms with Crippen molar-refractivity contribution >= 4 is 56.0 Å². The number of fused-ring (bicyclic) bond motifs is 1. The summed E-state index contributed by atoms with van der Waals surface area (Å²) in [5, 5.41) is 7.08. The van der Waals surface area contributed by atoms with Gasteiger partial charge in [-0.25, -0.2) is 12.8 Å². The molecule has 0 radical (unpaired) electrons. The van der Waals surface area contributed by atoms with Crippen LogP contribution in [0.15, 0.2) is 65.6 Å². The third kappa shape index (κ3) is 4.98. The number of anilines is 3. The molecule has 172 valence electrons. The maximum atomic E-state index is 13.7. The number of rotatable bonds is 4. The molecule has 0 fully saturated rings. The van der Waals surface area contributed by atoms with Crippen LogP contribution in [0, 0.1) is 12.7 Å². The lowest BCUT2D eigenvalue weighted by Crippen LogP contribution is -2.42. The Morgan fingerprint density at radius 2 is 1.73 bits per heavy atom. The van der Waals surface area contributed by atoms with Crippen molar-refractivity contribution < 1.29 is 12.8 Å². The van der Waals surface area contributed by atoms with Gasteiger partial charge in [-0.15, -0.1) is 0 Å². The molecule has 1 unspecified atom stereocenters. The van der Waals surface area contributed by atoms with Crippen molar-refractivity contribution in [2.45, 2.75) is 37.6 Å². The summed E-state index contributed by atoms with van der Waals surface area (Å²) in [4.78, 5) is 0.154. The van der Waals surface area contributed by atoms with Gasteiger partial charge in [0.2, 0.25) is 0 Å². The number of nitrogens with zero attached hydrogens (tertiary/aromatic N) is 1. The Hall–Kier alpha value is -2.68. The first kappa shape index (κ1) is 23.5. The van der Waals surface area contributed by atoms with Gasteiger partial charge in [0.15, 0.2) is 5.11 Å². The van der Waals surface area contributed by atoms with Gasteiger partial charge in [0, 0.05) is 22.4 Å². The zero-order chi connectivity index (χ0) is 23.8. The zero-order valence-corrected chi connectivity index (χ0v) is 20.5. The van der Waals surface area contributed by atoms with Gasteiger partial charge in [-0.05, 0) is 105 Å². The largest absolute Gasteiger partial charge is 0.332 e.